The fraction of sp³-hybridized carbons (Fsp3) is 0.552. The van der Waals surface area contributed by atoms with Crippen molar-refractivity contribution in [3.63, 3.8) is 0 Å². The second kappa shape index (κ2) is 11.3. The summed E-state index contributed by atoms with van der Waals surface area (Å²) in [6.45, 7) is 12.2. The summed E-state index contributed by atoms with van der Waals surface area (Å²) in [4.78, 5) is 36.0. The molecule has 0 radical (unpaired) electrons. The molecule has 0 N–H and O–H groups in total. The normalized spacial score (nSPS) is 20.9. The molecule has 0 spiro atoms. The third-order valence-electron chi connectivity index (χ3n) is 7.83. The van der Waals surface area contributed by atoms with Gasteiger partial charge in [-0.2, -0.15) is 0 Å². The van der Waals surface area contributed by atoms with Crippen LogP contribution in [0.1, 0.15) is 64.1 Å². The van der Waals surface area contributed by atoms with Crippen LogP contribution in [0.3, 0.4) is 0 Å². The third kappa shape index (κ3) is 6.27. The first-order valence-corrected chi connectivity index (χ1v) is 13.5. The molecule has 1 aromatic carbocycles. The summed E-state index contributed by atoms with van der Waals surface area (Å²) in [7, 11) is 0. The highest BCUT2D eigenvalue weighted by Gasteiger charge is 2.40. The van der Waals surface area contributed by atoms with Crippen molar-refractivity contribution in [2.75, 3.05) is 32.7 Å². The molecule has 2 saturated heterocycles. The topological polar surface area (TPSA) is 56.8 Å². The van der Waals surface area contributed by atoms with Crippen LogP contribution in [0.15, 0.2) is 48.8 Å². The second-order valence-electron chi connectivity index (χ2n) is 11.4. The number of halogens is 1. The van der Waals surface area contributed by atoms with Gasteiger partial charge in [-0.1, -0.05) is 44.5 Å². The monoisotopic (exact) mass is 510 g/mol. The molecule has 2 fully saturated rings. The molecule has 3 heterocycles. The van der Waals surface area contributed by atoms with Gasteiger partial charge in [-0.05, 0) is 59.6 Å². The number of rotatable bonds is 5. The van der Waals surface area contributed by atoms with Crippen LogP contribution in [0.5, 0.6) is 0 Å². The molecule has 194 valence electrons. The van der Waals surface area contributed by atoms with Gasteiger partial charge in [-0.3, -0.25) is 19.5 Å². The molecule has 0 saturated carbocycles. The second-order valence-corrected chi connectivity index (χ2v) is 11.8. The molecule has 0 bridgehead atoms. The first-order chi connectivity index (χ1) is 17.1. The van der Waals surface area contributed by atoms with Crippen molar-refractivity contribution in [1.82, 2.24) is 19.7 Å². The smallest absolute Gasteiger partial charge is 0.223 e. The van der Waals surface area contributed by atoms with Crippen molar-refractivity contribution in [2.24, 2.45) is 11.3 Å². The van der Waals surface area contributed by atoms with Crippen LogP contribution in [-0.2, 0) is 9.59 Å². The minimum atomic E-state index is -0.0604. The SMILES string of the molecule is CC(=O)N1CCC(CC(=O)N2CCN(C(c3ccncc3)c3ccc(Cl)cc3)C[C@@H]2C(C)(C)C)CC1. The van der Waals surface area contributed by atoms with Crippen molar-refractivity contribution in [1.29, 1.82) is 0 Å². The minimum Gasteiger partial charge on any atom is -0.343 e. The minimum absolute atomic E-state index is 0.0604. The zero-order chi connectivity index (χ0) is 25.9. The van der Waals surface area contributed by atoms with E-state index in [1.54, 1.807) is 6.92 Å². The van der Waals surface area contributed by atoms with E-state index in [9.17, 15) is 9.59 Å². The van der Waals surface area contributed by atoms with Crippen molar-refractivity contribution in [2.45, 2.75) is 59.0 Å². The van der Waals surface area contributed by atoms with Gasteiger partial charge < -0.3 is 9.80 Å². The maximum Gasteiger partial charge on any atom is 0.223 e. The number of hydrogen-bond acceptors (Lipinski definition) is 4. The van der Waals surface area contributed by atoms with E-state index in [0.29, 0.717) is 18.9 Å². The molecule has 6 nitrogen and oxygen atoms in total. The van der Waals surface area contributed by atoms with Gasteiger partial charge in [0.2, 0.25) is 11.8 Å². The zero-order valence-corrected chi connectivity index (χ0v) is 22.7. The van der Waals surface area contributed by atoms with Gasteiger partial charge in [0.1, 0.15) is 0 Å². The molecule has 7 heteroatoms. The number of likely N-dealkylation sites (tertiary alicyclic amines) is 1. The average molecular weight is 511 g/mol. The van der Waals surface area contributed by atoms with E-state index < -0.39 is 0 Å². The Bertz CT molecular complexity index is 1030. The van der Waals surface area contributed by atoms with Gasteiger partial charge >= 0.3 is 0 Å². The summed E-state index contributed by atoms with van der Waals surface area (Å²) < 4.78 is 0. The number of amides is 2. The Hall–Kier alpha value is -2.44. The number of piperazine rings is 1. The Balaban J connectivity index is 1.52. The summed E-state index contributed by atoms with van der Waals surface area (Å²) in [6, 6.07) is 12.4. The Morgan fingerprint density at radius 2 is 1.58 bits per heavy atom. The fourth-order valence-corrected chi connectivity index (χ4v) is 5.83. The van der Waals surface area contributed by atoms with E-state index in [0.717, 1.165) is 44.0 Å². The molecular weight excluding hydrogens is 472 g/mol. The molecular formula is C29H39ClN4O2. The lowest BCUT2D eigenvalue weighted by atomic mass is 9.82. The van der Waals surface area contributed by atoms with Crippen molar-refractivity contribution >= 4 is 23.4 Å². The zero-order valence-electron chi connectivity index (χ0n) is 22.0. The van der Waals surface area contributed by atoms with Crippen molar-refractivity contribution < 1.29 is 9.59 Å². The van der Waals surface area contributed by atoms with E-state index in [1.807, 2.05) is 29.4 Å². The first kappa shape index (κ1) is 26.6. The summed E-state index contributed by atoms with van der Waals surface area (Å²) >= 11 is 6.20. The van der Waals surface area contributed by atoms with Crippen LogP contribution in [0.4, 0.5) is 0 Å². The summed E-state index contributed by atoms with van der Waals surface area (Å²) in [5, 5.41) is 0.726. The number of aromatic nitrogens is 1. The van der Waals surface area contributed by atoms with Crippen LogP contribution < -0.4 is 0 Å². The Kier molecular flexibility index (Phi) is 8.36. The van der Waals surface area contributed by atoms with Crippen LogP contribution in [-0.4, -0.2) is 70.3 Å². The van der Waals surface area contributed by atoms with Gasteiger partial charge in [0.25, 0.3) is 0 Å². The van der Waals surface area contributed by atoms with E-state index >= 15 is 0 Å². The Morgan fingerprint density at radius 3 is 2.17 bits per heavy atom. The van der Waals surface area contributed by atoms with Crippen molar-refractivity contribution in [3.8, 4) is 0 Å². The number of carbonyl (C=O) groups excluding carboxylic acids is 2. The van der Waals surface area contributed by atoms with Gasteiger partial charge in [0, 0.05) is 69.5 Å². The number of hydrogen-bond donors (Lipinski definition) is 0. The summed E-state index contributed by atoms with van der Waals surface area (Å²) in [5.74, 6) is 0.737. The van der Waals surface area contributed by atoms with E-state index in [-0.39, 0.29) is 29.3 Å². The molecule has 1 aromatic heterocycles. The predicted octanol–water partition coefficient (Wildman–Crippen LogP) is 5.03. The van der Waals surface area contributed by atoms with Crippen LogP contribution in [0, 0.1) is 11.3 Å². The molecule has 2 aliphatic rings. The van der Waals surface area contributed by atoms with Crippen LogP contribution >= 0.6 is 11.6 Å². The fourth-order valence-electron chi connectivity index (χ4n) is 5.70. The Morgan fingerprint density at radius 1 is 0.972 bits per heavy atom. The summed E-state index contributed by atoms with van der Waals surface area (Å²) in [5.41, 5.74) is 2.32. The van der Waals surface area contributed by atoms with Gasteiger partial charge in [-0.15, -0.1) is 0 Å². The lowest BCUT2D eigenvalue weighted by molar-refractivity contribution is -0.141. The molecule has 4 rings (SSSR count). The highest BCUT2D eigenvalue weighted by molar-refractivity contribution is 6.30. The molecule has 36 heavy (non-hydrogen) atoms. The van der Waals surface area contributed by atoms with E-state index in [4.69, 9.17) is 11.6 Å². The first-order valence-electron chi connectivity index (χ1n) is 13.1. The van der Waals surface area contributed by atoms with E-state index in [2.05, 4.69) is 59.8 Å². The quantitative estimate of drug-likeness (QED) is 0.566. The molecule has 2 aliphatic heterocycles. The molecule has 2 atom stereocenters. The largest absolute Gasteiger partial charge is 0.343 e. The summed E-state index contributed by atoms with van der Waals surface area (Å²) in [6.07, 6.45) is 6.08. The van der Waals surface area contributed by atoms with Crippen LogP contribution in [0.2, 0.25) is 5.02 Å². The number of nitrogens with zero attached hydrogens (tertiary/aromatic N) is 4. The Labute approximate surface area is 220 Å². The van der Waals surface area contributed by atoms with Gasteiger partial charge in [0.05, 0.1) is 6.04 Å². The number of piperidine rings is 1. The van der Waals surface area contributed by atoms with E-state index in [1.165, 1.54) is 11.1 Å². The number of pyridine rings is 1. The standard InChI is InChI=1S/C29H39ClN4O2/c1-21(35)32-15-11-22(12-16-32)19-27(36)34-18-17-33(20-26(34)29(2,3)4)28(24-9-13-31-14-10-24)23-5-7-25(30)8-6-23/h5-10,13-14,22,26,28H,11-12,15-20H2,1-4H3/t26-,28?/m1/s1. The maximum atomic E-state index is 13.6. The van der Waals surface area contributed by atoms with Crippen molar-refractivity contribution in [3.05, 3.63) is 64.9 Å². The van der Waals surface area contributed by atoms with Crippen LogP contribution in [0.25, 0.3) is 0 Å². The average Bonchev–Trinajstić information content (AvgIpc) is 2.86. The van der Waals surface area contributed by atoms with Gasteiger partial charge in [0.15, 0.2) is 0 Å². The predicted molar refractivity (Wildman–Crippen MR) is 144 cm³/mol. The number of carbonyl (C=O) groups is 2. The molecule has 1 unspecified atom stereocenters. The highest BCUT2D eigenvalue weighted by Crippen LogP contribution is 2.36. The lowest BCUT2D eigenvalue weighted by Crippen LogP contribution is -2.60. The van der Waals surface area contributed by atoms with Gasteiger partial charge in [-0.25, -0.2) is 0 Å². The highest BCUT2D eigenvalue weighted by atomic mass is 35.5. The maximum absolute atomic E-state index is 13.6. The lowest BCUT2D eigenvalue weighted by Gasteiger charge is -2.49. The molecule has 2 amide bonds. The molecule has 2 aromatic rings. The third-order valence-corrected chi connectivity index (χ3v) is 8.08. The number of benzene rings is 1. The molecule has 0 aliphatic carbocycles.